The van der Waals surface area contributed by atoms with E-state index >= 15 is 0 Å². The summed E-state index contributed by atoms with van der Waals surface area (Å²) in [5.74, 6) is 0.419. The first-order chi connectivity index (χ1) is 17.5. The molecule has 1 unspecified atom stereocenters. The zero-order valence-corrected chi connectivity index (χ0v) is 21.2. The van der Waals surface area contributed by atoms with Crippen LogP contribution in [0.25, 0.3) is 0 Å². The van der Waals surface area contributed by atoms with Crippen molar-refractivity contribution in [2.24, 2.45) is 0 Å². The minimum absolute atomic E-state index is 0.113. The number of benzene rings is 4. The van der Waals surface area contributed by atoms with Crippen molar-refractivity contribution in [3.63, 3.8) is 0 Å². The molecule has 0 saturated carbocycles. The second kappa shape index (κ2) is 12.3. The van der Waals surface area contributed by atoms with Crippen LogP contribution in [0.2, 0.25) is 5.02 Å². The molecule has 0 bridgehead atoms. The van der Waals surface area contributed by atoms with Crippen molar-refractivity contribution in [1.29, 1.82) is 0 Å². The van der Waals surface area contributed by atoms with E-state index in [2.05, 4.69) is 10.6 Å². The number of hydrogen-bond acceptors (Lipinski definition) is 4. The molecule has 1 atom stereocenters. The van der Waals surface area contributed by atoms with Crippen LogP contribution >= 0.6 is 23.4 Å². The van der Waals surface area contributed by atoms with Crippen molar-refractivity contribution in [3.05, 3.63) is 119 Å². The smallest absolute Gasteiger partial charge is 0.242 e. The Morgan fingerprint density at radius 2 is 1.56 bits per heavy atom. The molecule has 7 heteroatoms. The van der Waals surface area contributed by atoms with E-state index < -0.39 is 5.25 Å². The monoisotopic (exact) mass is 516 g/mol. The van der Waals surface area contributed by atoms with Gasteiger partial charge in [0.2, 0.25) is 11.8 Å². The quantitative estimate of drug-likeness (QED) is 0.235. The Labute approximate surface area is 219 Å². The Morgan fingerprint density at radius 3 is 2.25 bits per heavy atom. The van der Waals surface area contributed by atoms with Crippen LogP contribution in [0.1, 0.15) is 16.4 Å². The van der Waals surface area contributed by atoms with E-state index in [4.69, 9.17) is 16.3 Å². The molecule has 0 spiro atoms. The fraction of sp³-hybridized carbons (Fsp3) is 0.103. The number of halogens is 1. The average Bonchev–Trinajstić information content (AvgIpc) is 2.90. The lowest BCUT2D eigenvalue weighted by atomic mass is 10.1. The molecule has 0 fully saturated rings. The molecule has 2 N–H and O–H groups in total. The van der Waals surface area contributed by atoms with E-state index in [-0.39, 0.29) is 18.2 Å². The maximum Gasteiger partial charge on any atom is 0.242 e. The molecule has 0 heterocycles. The van der Waals surface area contributed by atoms with Crippen molar-refractivity contribution in [2.45, 2.75) is 16.6 Å². The fourth-order valence-electron chi connectivity index (χ4n) is 3.56. The molecular formula is C29H25ClN2O3S. The van der Waals surface area contributed by atoms with E-state index in [1.165, 1.54) is 11.8 Å². The highest BCUT2D eigenvalue weighted by Crippen LogP contribution is 2.37. The van der Waals surface area contributed by atoms with Crippen LogP contribution in [0.4, 0.5) is 11.4 Å². The molecule has 0 aliphatic carbocycles. The predicted molar refractivity (Wildman–Crippen MR) is 147 cm³/mol. The Morgan fingerprint density at radius 1 is 0.833 bits per heavy atom. The number of hydrogen-bond donors (Lipinski definition) is 2. The maximum absolute atomic E-state index is 13.3. The molecule has 0 radical (unpaired) electrons. The van der Waals surface area contributed by atoms with Crippen LogP contribution in [0.3, 0.4) is 0 Å². The number of rotatable bonds is 9. The summed E-state index contributed by atoms with van der Waals surface area (Å²) < 4.78 is 5.26. The molecule has 182 valence electrons. The van der Waals surface area contributed by atoms with E-state index in [0.29, 0.717) is 22.1 Å². The highest BCUT2D eigenvalue weighted by molar-refractivity contribution is 8.00. The SMILES string of the molecule is COc1cccc(NC(=O)C(Sc2ccc(NC(=O)Cc3ccc(Cl)cc3)cc2)c2ccccc2)c1. The first-order valence-electron chi connectivity index (χ1n) is 11.3. The number of anilines is 2. The highest BCUT2D eigenvalue weighted by Gasteiger charge is 2.22. The predicted octanol–water partition coefficient (Wildman–Crippen LogP) is 7.00. The third-order valence-electron chi connectivity index (χ3n) is 5.35. The zero-order chi connectivity index (χ0) is 25.3. The van der Waals surface area contributed by atoms with Crippen LogP contribution in [-0.4, -0.2) is 18.9 Å². The van der Waals surface area contributed by atoms with Crippen molar-refractivity contribution in [3.8, 4) is 5.75 Å². The van der Waals surface area contributed by atoms with E-state index in [9.17, 15) is 9.59 Å². The number of thioether (sulfide) groups is 1. The minimum Gasteiger partial charge on any atom is -0.497 e. The van der Waals surface area contributed by atoms with Crippen molar-refractivity contribution in [2.75, 3.05) is 17.7 Å². The summed E-state index contributed by atoms with van der Waals surface area (Å²) in [6.45, 7) is 0. The molecule has 0 saturated heterocycles. The summed E-state index contributed by atoms with van der Waals surface area (Å²) in [5.41, 5.74) is 3.13. The summed E-state index contributed by atoms with van der Waals surface area (Å²) in [4.78, 5) is 26.6. The van der Waals surface area contributed by atoms with Gasteiger partial charge in [-0.05, 0) is 59.7 Å². The van der Waals surface area contributed by atoms with Gasteiger partial charge in [0.1, 0.15) is 11.0 Å². The molecule has 4 aromatic carbocycles. The van der Waals surface area contributed by atoms with Crippen LogP contribution in [0, 0.1) is 0 Å². The summed E-state index contributed by atoms with van der Waals surface area (Å²) in [6.07, 6.45) is 0.258. The maximum atomic E-state index is 13.3. The molecule has 0 aliphatic rings. The zero-order valence-electron chi connectivity index (χ0n) is 19.6. The van der Waals surface area contributed by atoms with Crippen LogP contribution < -0.4 is 15.4 Å². The second-order valence-corrected chi connectivity index (χ2v) is 9.62. The van der Waals surface area contributed by atoms with Gasteiger partial charge in [0, 0.05) is 27.4 Å². The average molecular weight is 517 g/mol. The number of amides is 2. The van der Waals surface area contributed by atoms with E-state index in [1.807, 2.05) is 84.9 Å². The Balaban J connectivity index is 1.44. The summed E-state index contributed by atoms with van der Waals surface area (Å²) in [5, 5.41) is 6.07. The van der Waals surface area contributed by atoms with Gasteiger partial charge in [-0.3, -0.25) is 9.59 Å². The third-order valence-corrected chi connectivity index (χ3v) is 6.87. The number of ether oxygens (including phenoxy) is 1. The second-order valence-electron chi connectivity index (χ2n) is 8.01. The molecule has 0 aliphatic heterocycles. The molecule has 5 nitrogen and oxygen atoms in total. The van der Waals surface area contributed by atoms with Crippen LogP contribution in [-0.2, 0) is 16.0 Å². The molecule has 2 amide bonds. The Kier molecular flexibility index (Phi) is 8.66. The summed E-state index contributed by atoms with van der Waals surface area (Å²) in [7, 11) is 1.59. The lowest BCUT2D eigenvalue weighted by Gasteiger charge is -2.18. The van der Waals surface area contributed by atoms with E-state index in [0.717, 1.165) is 16.0 Å². The molecule has 4 rings (SSSR count). The molecule has 0 aromatic heterocycles. The number of nitrogens with one attached hydrogen (secondary N) is 2. The standard InChI is InChI=1S/C29H25ClN2O3S/c1-35-25-9-5-8-24(19-25)32-29(34)28(21-6-3-2-4-7-21)36-26-16-14-23(15-17-26)31-27(33)18-20-10-12-22(30)13-11-20/h2-17,19,28H,18H2,1H3,(H,31,33)(H,32,34). The van der Waals surface area contributed by atoms with Gasteiger partial charge < -0.3 is 15.4 Å². The fourth-order valence-corrected chi connectivity index (χ4v) is 4.71. The molecule has 36 heavy (non-hydrogen) atoms. The summed E-state index contributed by atoms with van der Waals surface area (Å²) >= 11 is 7.35. The molecule has 4 aromatic rings. The lowest BCUT2D eigenvalue weighted by molar-refractivity contribution is -0.116. The van der Waals surface area contributed by atoms with Crippen molar-refractivity contribution >= 4 is 46.6 Å². The first kappa shape index (κ1) is 25.4. The number of carbonyl (C=O) groups is 2. The van der Waals surface area contributed by atoms with Crippen LogP contribution in [0.15, 0.2) is 108 Å². The van der Waals surface area contributed by atoms with Gasteiger partial charge in [-0.1, -0.05) is 60.1 Å². The number of methoxy groups -OCH3 is 1. The Bertz CT molecular complexity index is 1310. The Hall–Kier alpha value is -3.74. The highest BCUT2D eigenvalue weighted by atomic mass is 35.5. The van der Waals surface area contributed by atoms with Gasteiger partial charge in [-0.15, -0.1) is 11.8 Å². The summed E-state index contributed by atoms with van der Waals surface area (Å²) in [6, 6.07) is 31.6. The van der Waals surface area contributed by atoms with Gasteiger partial charge in [0.05, 0.1) is 13.5 Å². The molecular weight excluding hydrogens is 492 g/mol. The normalized spacial score (nSPS) is 11.4. The third kappa shape index (κ3) is 7.13. The van der Waals surface area contributed by atoms with Gasteiger partial charge in [0.25, 0.3) is 0 Å². The van der Waals surface area contributed by atoms with Gasteiger partial charge in [-0.25, -0.2) is 0 Å². The largest absolute Gasteiger partial charge is 0.497 e. The van der Waals surface area contributed by atoms with Gasteiger partial charge >= 0.3 is 0 Å². The van der Waals surface area contributed by atoms with Gasteiger partial charge in [-0.2, -0.15) is 0 Å². The lowest BCUT2D eigenvalue weighted by Crippen LogP contribution is -2.19. The topological polar surface area (TPSA) is 67.4 Å². The van der Waals surface area contributed by atoms with E-state index in [1.54, 1.807) is 25.3 Å². The first-order valence-corrected chi connectivity index (χ1v) is 12.6. The minimum atomic E-state index is -0.470. The number of carbonyl (C=O) groups excluding carboxylic acids is 2. The van der Waals surface area contributed by atoms with Crippen molar-refractivity contribution in [1.82, 2.24) is 0 Å². The van der Waals surface area contributed by atoms with Crippen molar-refractivity contribution < 1.29 is 14.3 Å². The van der Waals surface area contributed by atoms with Crippen LogP contribution in [0.5, 0.6) is 5.75 Å². The van der Waals surface area contributed by atoms with Gasteiger partial charge in [0.15, 0.2) is 0 Å².